The minimum Gasteiger partial charge on any atom is -0.360 e. The van der Waals surface area contributed by atoms with E-state index in [1.54, 1.807) is 0 Å². The normalized spacial score (nSPS) is 17.2. The first kappa shape index (κ1) is 26.1. The summed E-state index contributed by atoms with van der Waals surface area (Å²) in [7, 11) is -0.616. The molecule has 1 aromatic rings. The number of carbonyl (C=O) groups is 1. The number of nitrogens with zero attached hydrogens (tertiary/aromatic N) is 2. The molecule has 0 saturated heterocycles. The Labute approximate surface area is 196 Å². The molecule has 176 valence electrons. The lowest BCUT2D eigenvalue weighted by Crippen LogP contribution is -2.26. The molecule has 0 radical (unpaired) electrons. The van der Waals surface area contributed by atoms with Gasteiger partial charge in [-0.15, -0.1) is 0 Å². The van der Waals surface area contributed by atoms with Gasteiger partial charge >= 0.3 is 0 Å². The summed E-state index contributed by atoms with van der Waals surface area (Å²) in [5, 5.41) is 0. The molecule has 0 saturated carbocycles. The number of aryl methyl sites for hydroxylation is 1. The van der Waals surface area contributed by atoms with E-state index in [0.29, 0.717) is 30.3 Å². The fourth-order valence-corrected chi connectivity index (χ4v) is 3.80. The Balaban J connectivity index is 2.29. The number of ketones is 1. The van der Waals surface area contributed by atoms with Gasteiger partial charge in [0.05, 0.1) is 6.61 Å². The highest BCUT2D eigenvalue weighted by atomic mass is 32.3. The van der Waals surface area contributed by atoms with Crippen LogP contribution in [0.1, 0.15) is 45.7 Å². The third-order valence-corrected chi connectivity index (χ3v) is 6.71. The van der Waals surface area contributed by atoms with Crippen LogP contribution in [0.5, 0.6) is 0 Å². The quantitative estimate of drug-likeness (QED) is 0.425. The number of aliphatic imine (C=N–C) groups is 1. The molecule has 5 heteroatoms. The van der Waals surface area contributed by atoms with Gasteiger partial charge in [-0.3, -0.25) is 4.79 Å². The van der Waals surface area contributed by atoms with Gasteiger partial charge in [0.2, 0.25) is 0 Å². The number of Topliss-reactive ketones (excluding diaryl/α,β-unsaturated/α-hetero) is 1. The van der Waals surface area contributed by atoms with Crippen molar-refractivity contribution in [2.75, 3.05) is 37.9 Å². The Bertz CT molecular complexity index is 943. The third kappa shape index (κ3) is 7.21. The van der Waals surface area contributed by atoms with Crippen LogP contribution >= 0.6 is 10.0 Å². The van der Waals surface area contributed by atoms with Crippen LogP contribution in [0.25, 0.3) is 5.57 Å². The SMILES string of the molecule is C=C1C(C(=O)C(C)(C)C)=CN(COCCS(C)(C)C)C1=N/C=C(\C)c1cccc(CC)c1. The minimum absolute atomic E-state index is 0.0631. The summed E-state index contributed by atoms with van der Waals surface area (Å²) in [6, 6.07) is 8.50. The summed E-state index contributed by atoms with van der Waals surface area (Å²) >= 11 is 0. The molecular formula is C27H40N2O2S. The van der Waals surface area contributed by atoms with Crippen LogP contribution in [0.15, 0.2) is 59.4 Å². The number of hydrogen-bond acceptors (Lipinski definition) is 3. The first-order valence-electron chi connectivity index (χ1n) is 11.1. The Morgan fingerprint density at radius 3 is 2.53 bits per heavy atom. The van der Waals surface area contributed by atoms with Gasteiger partial charge in [-0.1, -0.05) is 58.5 Å². The number of ether oxygens (including phenoxy) is 1. The predicted molar refractivity (Wildman–Crippen MR) is 141 cm³/mol. The van der Waals surface area contributed by atoms with E-state index in [1.165, 1.54) is 5.56 Å². The highest BCUT2D eigenvalue weighted by Gasteiger charge is 2.34. The van der Waals surface area contributed by atoms with Crippen molar-refractivity contribution in [2.24, 2.45) is 10.4 Å². The molecule has 1 aromatic carbocycles. The van der Waals surface area contributed by atoms with Gasteiger partial charge in [0, 0.05) is 34.7 Å². The van der Waals surface area contributed by atoms with Crippen LogP contribution in [-0.2, 0) is 16.0 Å². The minimum atomic E-state index is -0.616. The number of hydrogen-bond donors (Lipinski definition) is 0. The zero-order chi connectivity index (χ0) is 24.1. The van der Waals surface area contributed by atoms with E-state index in [2.05, 4.69) is 63.5 Å². The van der Waals surface area contributed by atoms with Crippen LogP contribution in [-0.4, -0.2) is 54.4 Å². The van der Waals surface area contributed by atoms with Gasteiger partial charge in [-0.25, -0.2) is 15.0 Å². The Morgan fingerprint density at radius 2 is 1.94 bits per heavy atom. The molecule has 0 N–H and O–H groups in total. The van der Waals surface area contributed by atoms with E-state index in [1.807, 2.05) is 38.1 Å². The van der Waals surface area contributed by atoms with Gasteiger partial charge < -0.3 is 9.64 Å². The fraction of sp³-hybridized carbons (Fsp3) is 0.481. The maximum Gasteiger partial charge on any atom is 0.170 e. The molecule has 1 aliphatic rings. The van der Waals surface area contributed by atoms with Crippen molar-refractivity contribution in [2.45, 2.75) is 41.0 Å². The molecule has 0 bridgehead atoms. The molecule has 0 spiro atoms. The smallest absolute Gasteiger partial charge is 0.170 e. The topological polar surface area (TPSA) is 41.9 Å². The van der Waals surface area contributed by atoms with E-state index in [-0.39, 0.29) is 5.78 Å². The van der Waals surface area contributed by atoms with E-state index in [4.69, 9.17) is 9.73 Å². The van der Waals surface area contributed by atoms with Crippen molar-refractivity contribution in [1.82, 2.24) is 4.90 Å². The number of amidine groups is 1. The van der Waals surface area contributed by atoms with Crippen LogP contribution in [0, 0.1) is 5.41 Å². The largest absolute Gasteiger partial charge is 0.360 e. The maximum atomic E-state index is 13.0. The molecule has 0 aliphatic carbocycles. The number of benzene rings is 1. The second-order valence-electron chi connectivity index (χ2n) is 10.2. The molecule has 0 amide bonds. The van der Waals surface area contributed by atoms with Crippen molar-refractivity contribution in [3.05, 3.63) is 65.5 Å². The zero-order valence-electron chi connectivity index (χ0n) is 21.1. The van der Waals surface area contributed by atoms with Crippen molar-refractivity contribution in [1.29, 1.82) is 0 Å². The zero-order valence-corrected chi connectivity index (χ0v) is 21.9. The van der Waals surface area contributed by atoms with E-state index in [9.17, 15) is 4.79 Å². The summed E-state index contributed by atoms with van der Waals surface area (Å²) in [5.74, 6) is 1.78. The number of carbonyl (C=O) groups excluding carboxylic acids is 1. The molecule has 2 rings (SSSR count). The highest BCUT2D eigenvalue weighted by Crippen LogP contribution is 2.34. The summed E-state index contributed by atoms with van der Waals surface area (Å²) < 4.78 is 5.96. The van der Waals surface area contributed by atoms with Crippen molar-refractivity contribution < 1.29 is 9.53 Å². The molecule has 0 atom stereocenters. The summed E-state index contributed by atoms with van der Waals surface area (Å²) in [4.78, 5) is 19.7. The van der Waals surface area contributed by atoms with Crippen molar-refractivity contribution >= 4 is 27.2 Å². The molecular weight excluding hydrogens is 416 g/mol. The lowest BCUT2D eigenvalue weighted by molar-refractivity contribution is -0.122. The standard InChI is InChI=1S/C27H40N2O2S/c1-10-22-12-11-13-23(16-22)20(2)17-28-26-21(3)24(25(30)27(4,5)6)18-29(26)19-31-14-15-32(7,8)9/h11-13,16-18H,3,10,14-15,19H2,1-2,4-9H3/b20-17+,28-26?. The molecule has 0 fully saturated rings. The highest BCUT2D eigenvalue weighted by molar-refractivity contribution is 8.32. The van der Waals surface area contributed by atoms with Gasteiger partial charge in [0.25, 0.3) is 0 Å². The second kappa shape index (κ2) is 10.7. The third-order valence-electron chi connectivity index (χ3n) is 5.32. The number of rotatable bonds is 9. The molecule has 0 aromatic heterocycles. The van der Waals surface area contributed by atoms with Crippen molar-refractivity contribution in [3.63, 3.8) is 0 Å². The first-order valence-corrected chi connectivity index (χ1v) is 14.2. The van der Waals surface area contributed by atoms with E-state index in [0.717, 1.165) is 23.3 Å². The molecule has 0 unspecified atom stereocenters. The Morgan fingerprint density at radius 1 is 1.25 bits per heavy atom. The Kier molecular flexibility index (Phi) is 8.72. The monoisotopic (exact) mass is 456 g/mol. The molecule has 1 aliphatic heterocycles. The summed E-state index contributed by atoms with van der Waals surface area (Å²) in [5.41, 5.74) is 4.28. The molecule has 4 nitrogen and oxygen atoms in total. The van der Waals surface area contributed by atoms with Gasteiger partial charge in [0.1, 0.15) is 12.6 Å². The fourth-order valence-electron chi connectivity index (χ4n) is 3.18. The van der Waals surface area contributed by atoms with Crippen molar-refractivity contribution in [3.8, 4) is 0 Å². The van der Waals surface area contributed by atoms with Gasteiger partial charge in [0.15, 0.2) is 5.78 Å². The first-order chi connectivity index (χ1) is 14.8. The molecule has 32 heavy (non-hydrogen) atoms. The maximum absolute atomic E-state index is 13.0. The van der Waals surface area contributed by atoms with Crippen LogP contribution in [0.3, 0.4) is 0 Å². The average Bonchev–Trinajstić information content (AvgIpc) is 3.02. The second-order valence-corrected chi connectivity index (χ2v) is 14.8. The van der Waals surface area contributed by atoms with Gasteiger partial charge in [-0.2, -0.15) is 0 Å². The Hall–Kier alpha value is -2.11. The lowest BCUT2D eigenvalue weighted by atomic mass is 9.85. The van der Waals surface area contributed by atoms with Crippen LogP contribution < -0.4 is 0 Å². The predicted octanol–water partition coefficient (Wildman–Crippen LogP) is 6.05. The lowest BCUT2D eigenvalue weighted by Gasteiger charge is -2.25. The van der Waals surface area contributed by atoms with E-state index >= 15 is 0 Å². The molecule has 1 heterocycles. The van der Waals surface area contributed by atoms with E-state index < -0.39 is 15.4 Å². The van der Waals surface area contributed by atoms with Crippen LogP contribution in [0.2, 0.25) is 0 Å². The summed E-state index contributed by atoms with van der Waals surface area (Å²) in [6.45, 7) is 15.2. The number of allylic oxidation sites excluding steroid dienone is 1. The average molecular weight is 457 g/mol. The summed E-state index contributed by atoms with van der Waals surface area (Å²) in [6.07, 6.45) is 11.5. The van der Waals surface area contributed by atoms with Gasteiger partial charge in [-0.05, 0) is 48.8 Å². The van der Waals surface area contributed by atoms with Crippen LogP contribution in [0.4, 0.5) is 0 Å².